The topological polar surface area (TPSA) is 3.24 Å². The molecule has 224 valence electrons. The molecule has 0 aliphatic carbocycles. The minimum atomic E-state index is -0.698. The predicted octanol–water partition coefficient (Wildman–Crippen LogP) is 8.39. The van der Waals surface area contributed by atoms with Crippen LogP contribution in [0.2, 0.25) is 0 Å². The van der Waals surface area contributed by atoms with Crippen LogP contribution in [0, 0.1) is 0 Å². The van der Waals surface area contributed by atoms with Crippen molar-refractivity contribution in [2.45, 2.75) is 32.9 Å². The molecule has 6 aromatic rings. The smallest absolute Gasteiger partial charge is 0.0279 e. The summed E-state index contributed by atoms with van der Waals surface area (Å²) in [6.07, 6.45) is 0. The fraction of sp³-hybridized carbons (Fsp3) is 0.128. The zero-order chi connectivity index (χ0) is 29.1. The number of nitrogens with zero attached hydrogens (tertiary/aromatic N) is 1. The Balaban J connectivity index is 0.000000641. The Morgan fingerprint density at radius 1 is 0.512 bits per heavy atom. The molecule has 0 aliphatic rings. The maximum absolute atomic E-state index is 2.75. The molecule has 0 bridgehead atoms. The summed E-state index contributed by atoms with van der Waals surface area (Å²) in [6, 6.07) is 61.8. The molecule has 43 heavy (non-hydrogen) atoms. The number of hydrogen-bond donors (Lipinski definition) is 0. The van der Waals surface area contributed by atoms with Crippen molar-refractivity contribution in [3.8, 4) is 0 Å². The van der Waals surface area contributed by atoms with Crippen molar-refractivity contribution in [1.29, 1.82) is 0 Å². The molecular formula is C39H39FeNP2-6. The van der Waals surface area contributed by atoms with Crippen LogP contribution in [0.25, 0.3) is 0 Å². The van der Waals surface area contributed by atoms with Crippen molar-refractivity contribution < 1.29 is 17.1 Å². The van der Waals surface area contributed by atoms with Gasteiger partial charge < -0.3 is 30.3 Å². The second kappa shape index (κ2) is 16.7. The zero-order valence-corrected chi connectivity index (χ0v) is 27.9. The maximum atomic E-state index is 2.75. The first kappa shape index (κ1) is 32.8. The summed E-state index contributed by atoms with van der Waals surface area (Å²) in [5, 5.41) is 7.04. The van der Waals surface area contributed by atoms with Crippen molar-refractivity contribution in [2.24, 2.45) is 0 Å². The molecule has 0 aromatic heterocycles. The molecule has 6 aromatic carbocycles. The van der Waals surface area contributed by atoms with Crippen molar-refractivity contribution >= 4 is 42.5 Å². The van der Waals surface area contributed by atoms with E-state index in [9.17, 15) is 0 Å². The van der Waals surface area contributed by atoms with Crippen LogP contribution in [0.1, 0.15) is 32.4 Å². The van der Waals surface area contributed by atoms with Gasteiger partial charge in [0.25, 0.3) is 0 Å². The van der Waals surface area contributed by atoms with Crippen LogP contribution in [0.3, 0.4) is 0 Å². The van der Waals surface area contributed by atoms with Gasteiger partial charge in [0.15, 0.2) is 0 Å². The van der Waals surface area contributed by atoms with Crippen LogP contribution in [0.5, 0.6) is 0 Å². The van der Waals surface area contributed by atoms with Gasteiger partial charge in [0.1, 0.15) is 0 Å². The molecule has 1 nitrogen and oxygen atoms in total. The Bertz CT molecular complexity index is 1470. The van der Waals surface area contributed by atoms with E-state index in [1.54, 1.807) is 0 Å². The molecule has 0 fully saturated rings. The summed E-state index contributed by atoms with van der Waals surface area (Å²) in [7, 11) is -1.35. The normalized spacial score (nSPS) is 11.7. The van der Waals surface area contributed by atoms with E-state index in [1.807, 2.05) is 30.3 Å². The Morgan fingerprint density at radius 2 is 0.884 bits per heavy atom. The van der Waals surface area contributed by atoms with E-state index in [1.165, 1.54) is 32.1 Å². The van der Waals surface area contributed by atoms with Gasteiger partial charge in [0, 0.05) is 31.2 Å². The van der Waals surface area contributed by atoms with Crippen LogP contribution < -0.4 is 26.5 Å². The third kappa shape index (κ3) is 8.31. The first-order chi connectivity index (χ1) is 20.6. The molecule has 1 atom stereocenters. The molecule has 0 heterocycles. The first-order valence-electron chi connectivity index (χ1n) is 14.7. The van der Waals surface area contributed by atoms with Gasteiger partial charge in [0.05, 0.1) is 0 Å². The monoisotopic (exact) mass is 639 g/mol. The summed E-state index contributed by atoms with van der Waals surface area (Å²) in [5.41, 5.74) is 1.44. The van der Waals surface area contributed by atoms with E-state index in [2.05, 4.69) is 165 Å². The third-order valence-electron chi connectivity index (χ3n) is 7.26. The average Bonchev–Trinajstić information content (AvgIpc) is 3.78. The summed E-state index contributed by atoms with van der Waals surface area (Å²) in [6.45, 7) is 7.10. The summed E-state index contributed by atoms with van der Waals surface area (Å²) < 4.78 is 2.75. The van der Waals surface area contributed by atoms with E-state index >= 15 is 0 Å². The second-order valence-electron chi connectivity index (χ2n) is 10.5. The van der Waals surface area contributed by atoms with Gasteiger partial charge in [-0.05, 0) is 49.0 Å². The Kier molecular flexibility index (Phi) is 12.7. The number of hydrogen-bond acceptors (Lipinski definition) is 1. The van der Waals surface area contributed by atoms with Crippen LogP contribution >= 0.6 is 16.0 Å². The van der Waals surface area contributed by atoms with Gasteiger partial charge in [0.2, 0.25) is 0 Å². The molecule has 0 saturated carbocycles. The average molecular weight is 640 g/mol. The Hall–Kier alpha value is -3.08. The predicted molar refractivity (Wildman–Crippen MR) is 187 cm³/mol. The second-order valence-corrected chi connectivity index (χ2v) is 14.8. The van der Waals surface area contributed by atoms with Gasteiger partial charge in [-0.2, -0.15) is 6.07 Å². The first-order valence-corrected chi connectivity index (χ1v) is 17.3. The summed E-state index contributed by atoms with van der Waals surface area (Å²) in [5.74, 6) is 0. The van der Waals surface area contributed by atoms with Crippen LogP contribution in [0.4, 0.5) is 0 Å². The molecule has 0 N–H and O–H groups in total. The minimum absolute atomic E-state index is 0. The van der Waals surface area contributed by atoms with E-state index in [-0.39, 0.29) is 23.1 Å². The molecule has 0 aliphatic heterocycles. The fourth-order valence-corrected chi connectivity index (χ4v) is 10.7. The largest absolute Gasteiger partial charge is 0.748 e. The Morgan fingerprint density at radius 3 is 1.26 bits per heavy atom. The third-order valence-corrected chi connectivity index (χ3v) is 12.6. The van der Waals surface area contributed by atoms with E-state index < -0.39 is 16.0 Å². The molecule has 0 unspecified atom stereocenters. The van der Waals surface area contributed by atoms with Crippen molar-refractivity contribution in [1.82, 2.24) is 4.67 Å². The molecular weight excluding hydrogens is 600 g/mol. The molecule has 4 heteroatoms. The van der Waals surface area contributed by atoms with E-state index in [0.29, 0.717) is 6.04 Å². The van der Waals surface area contributed by atoms with Gasteiger partial charge in [-0.1, -0.05) is 128 Å². The van der Waals surface area contributed by atoms with Crippen LogP contribution in [-0.4, -0.2) is 10.7 Å². The number of benzene rings is 4. The standard InChI is InChI=1S/C34H34NP2.C5H5.Fe/c1-27(2)35(37(31-21-12-6-13-22-31)32-23-14-7-15-24-32)28(3)33-25-16-26-34(33)36(29-17-8-4-9-18-29)30-19-10-5-11-20-30;1-2-4-5-3-1;/h4-28H,1-3H3;1-5H;/q-1;-5;/t28-;;/m1../s1. The van der Waals surface area contributed by atoms with Gasteiger partial charge >= 0.3 is 0 Å². The minimum Gasteiger partial charge on any atom is -0.748 e. The van der Waals surface area contributed by atoms with Crippen LogP contribution in [-0.2, 0) is 17.1 Å². The van der Waals surface area contributed by atoms with Crippen molar-refractivity contribution in [2.75, 3.05) is 0 Å². The van der Waals surface area contributed by atoms with Crippen molar-refractivity contribution in [3.63, 3.8) is 0 Å². The van der Waals surface area contributed by atoms with E-state index in [4.69, 9.17) is 0 Å². The molecule has 0 saturated heterocycles. The number of rotatable bonds is 9. The van der Waals surface area contributed by atoms with Gasteiger partial charge in [-0.3, -0.25) is 4.67 Å². The zero-order valence-electron chi connectivity index (χ0n) is 25.0. The Labute approximate surface area is 271 Å². The van der Waals surface area contributed by atoms with Crippen LogP contribution in [0.15, 0.2) is 170 Å². The molecule has 6 rings (SSSR count). The van der Waals surface area contributed by atoms with Gasteiger partial charge in [-0.15, -0.1) is 10.9 Å². The maximum Gasteiger partial charge on any atom is 0.0279 e. The van der Waals surface area contributed by atoms with Crippen molar-refractivity contribution in [3.05, 3.63) is 175 Å². The molecule has 0 radical (unpaired) electrons. The summed E-state index contributed by atoms with van der Waals surface area (Å²) >= 11 is 0. The SMILES string of the molecule is CC(C)N([C@H](C)[c-]1cccc1P(c1ccccc1)c1ccccc1)P(c1ccccc1)c1ccccc1.[Fe].[cH-]1[cH-][cH-][cH-][cH-]1. The summed E-state index contributed by atoms with van der Waals surface area (Å²) in [4.78, 5) is 0. The quantitative estimate of drug-likeness (QED) is 0.0873. The molecule has 0 spiro atoms. The van der Waals surface area contributed by atoms with E-state index in [0.717, 1.165) is 0 Å². The fourth-order valence-electron chi connectivity index (χ4n) is 5.43. The molecule has 0 amide bonds. The van der Waals surface area contributed by atoms with Gasteiger partial charge in [-0.25, -0.2) is 12.1 Å².